The summed E-state index contributed by atoms with van der Waals surface area (Å²) < 4.78 is 0. The minimum absolute atomic E-state index is 0.101. The standard InChI is InChI=1S/C11H18N4O/c1-7(2)8-9(12)13-11(14-10(8)16)15-5-3-4-6-15/h7H,3-6H2,1-2H3,(H3,12,13,14,16). The maximum Gasteiger partial charge on any atom is 0.257 e. The Labute approximate surface area is 94.7 Å². The molecule has 16 heavy (non-hydrogen) atoms. The van der Waals surface area contributed by atoms with Crippen LogP contribution >= 0.6 is 0 Å². The first-order valence-corrected chi connectivity index (χ1v) is 5.74. The highest BCUT2D eigenvalue weighted by Crippen LogP contribution is 2.19. The predicted octanol–water partition coefficient (Wildman–Crippen LogP) is 1.08. The van der Waals surface area contributed by atoms with E-state index in [0.29, 0.717) is 17.3 Å². The fourth-order valence-electron chi connectivity index (χ4n) is 2.12. The Hall–Kier alpha value is -1.52. The highest BCUT2D eigenvalue weighted by Gasteiger charge is 2.18. The van der Waals surface area contributed by atoms with Crippen LogP contribution in [0.2, 0.25) is 0 Å². The Morgan fingerprint density at radius 1 is 1.38 bits per heavy atom. The molecular weight excluding hydrogens is 204 g/mol. The van der Waals surface area contributed by atoms with Gasteiger partial charge in [-0.25, -0.2) is 0 Å². The van der Waals surface area contributed by atoms with Crippen molar-refractivity contribution in [3.8, 4) is 0 Å². The maximum atomic E-state index is 11.9. The Morgan fingerprint density at radius 2 is 2.00 bits per heavy atom. The molecule has 1 aromatic heterocycles. The van der Waals surface area contributed by atoms with Gasteiger partial charge in [0.05, 0.1) is 5.56 Å². The third-order valence-electron chi connectivity index (χ3n) is 2.96. The number of aromatic amines is 1. The van der Waals surface area contributed by atoms with Crippen LogP contribution < -0.4 is 16.2 Å². The summed E-state index contributed by atoms with van der Waals surface area (Å²) in [6, 6.07) is 0. The number of nitrogens with one attached hydrogen (secondary N) is 1. The summed E-state index contributed by atoms with van der Waals surface area (Å²) in [4.78, 5) is 21.0. The first-order chi connectivity index (χ1) is 7.59. The van der Waals surface area contributed by atoms with E-state index in [9.17, 15) is 4.79 Å². The second-order valence-electron chi connectivity index (χ2n) is 4.54. The van der Waals surface area contributed by atoms with Crippen molar-refractivity contribution in [2.24, 2.45) is 0 Å². The number of nitrogen functional groups attached to an aromatic ring is 1. The zero-order valence-electron chi connectivity index (χ0n) is 9.79. The van der Waals surface area contributed by atoms with Gasteiger partial charge in [0, 0.05) is 13.1 Å². The second kappa shape index (κ2) is 4.15. The average molecular weight is 222 g/mol. The second-order valence-corrected chi connectivity index (χ2v) is 4.54. The van der Waals surface area contributed by atoms with Crippen LogP contribution in [-0.4, -0.2) is 23.1 Å². The van der Waals surface area contributed by atoms with E-state index in [4.69, 9.17) is 5.73 Å². The molecule has 0 amide bonds. The van der Waals surface area contributed by atoms with Gasteiger partial charge in [-0.15, -0.1) is 0 Å². The van der Waals surface area contributed by atoms with E-state index in [-0.39, 0.29) is 11.5 Å². The molecule has 5 heteroatoms. The van der Waals surface area contributed by atoms with Crippen LogP contribution in [0.1, 0.15) is 38.2 Å². The van der Waals surface area contributed by atoms with Crippen LogP contribution in [0.15, 0.2) is 4.79 Å². The Balaban J connectivity index is 2.40. The van der Waals surface area contributed by atoms with Crippen molar-refractivity contribution in [3.05, 3.63) is 15.9 Å². The number of rotatable bonds is 2. The predicted molar refractivity (Wildman–Crippen MR) is 64.8 cm³/mol. The van der Waals surface area contributed by atoms with Crippen LogP contribution in [0.25, 0.3) is 0 Å². The molecule has 0 bridgehead atoms. The summed E-state index contributed by atoms with van der Waals surface area (Å²) in [5.41, 5.74) is 6.31. The molecule has 0 atom stereocenters. The third kappa shape index (κ3) is 1.89. The minimum Gasteiger partial charge on any atom is -0.383 e. The summed E-state index contributed by atoms with van der Waals surface area (Å²) in [6.07, 6.45) is 2.30. The van der Waals surface area contributed by atoms with Crippen LogP contribution in [0.3, 0.4) is 0 Å². The fraction of sp³-hybridized carbons (Fsp3) is 0.636. The van der Waals surface area contributed by atoms with Crippen molar-refractivity contribution in [1.82, 2.24) is 9.97 Å². The smallest absolute Gasteiger partial charge is 0.257 e. The van der Waals surface area contributed by atoms with Gasteiger partial charge in [0.1, 0.15) is 5.82 Å². The van der Waals surface area contributed by atoms with E-state index in [1.54, 1.807) is 0 Å². The molecule has 2 heterocycles. The van der Waals surface area contributed by atoms with Gasteiger partial charge in [-0.2, -0.15) is 4.98 Å². The van der Waals surface area contributed by atoms with E-state index < -0.39 is 0 Å². The molecule has 0 spiro atoms. The van der Waals surface area contributed by atoms with Crippen molar-refractivity contribution in [2.45, 2.75) is 32.6 Å². The largest absolute Gasteiger partial charge is 0.383 e. The van der Waals surface area contributed by atoms with Crippen molar-refractivity contribution in [3.63, 3.8) is 0 Å². The van der Waals surface area contributed by atoms with Gasteiger partial charge < -0.3 is 10.6 Å². The zero-order valence-corrected chi connectivity index (χ0v) is 9.79. The number of nitrogens with two attached hydrogens (primary N) is 1. The SMILES string of the molecule is CC(C)c1c(N)nc(N2CCCC2)[nH]c1=O. The minimum atomic E-state index is -0.107. The number of hydrogen-bond donors (Lipinski definition) is 2. The number of H-pyrrole nitrogens is 1. The van der Waals surface area contributed by atoms with Crippen molar-refractivity contribution in [1.29, 1.82) is 0 Å². The zero-order chi connectivity index (χ0) is 11.7. The summed E-state index contributed by atoms with van der Waals surface area (Å²) >= 11 is 0. The molecule has 0 saturated carbocycles. The van der Waals surface area contributed by atoms with Gasteiger partial charge in [-0.1, -0.05) is 13.8 Å². The molecule has 0 aromatic carbocycles. The molecule has 1 saturated heterocycles. The maximum absolute atomic E-state index is 11.9. The first-order valence-electron chi connectivity index (χ1n) is 5.74. The van der Waals surface area contributed by atoms with Gasteiger partial charge in [-0.05, 0) is 18.8 Å². The Morgan fingerprint density at radius 3 is 2.50 bits per heavy atom. The molecule has 0 radical (unpaired) electrons. The van der Waals surface area contributed by atoms with E-state index in [1.165, 1.54) is 0 Å². The van der Waals surface area contributed by atoms with Crippen LogP contribution in [0, 0.1) is 0 Å². The molecule has 88 valence electrons. The van der Waals surface area contributed by atoms with Crippen LogP contribution in [-0.2, 0) is 0 Å². The van der Waals surface area contributed by atoms with Crippen molar-refractivity contribution >= 4 is 11.8 Å². The Kier molecular flexibility index (Phi) is 2.85. The van der Waals surface area contributed by atoms with Gasteiger partial charge in [0.25, 0.3) is 5.56 Å². The quantitative estimate of drug-likeness (QED) is 0.785. The summed E-state index contributed by atoms with van der Waals surface area (Å²) in [5, 5.41) is 0. The lowest BCUT2D eigenvalue weighted by atomic mass is 10.1. The van der Waals surface area contributed by atoms with Crippen molar-refractivity contribution in [2.75, 3.05) is 23.7 Å². The lowest BCUT2D eigenvalue weighted by Gasteiger charge is -2.17. The van der Waals surface area contributed by atoms with E-state index in [2.05, 4.69) is 14.9 Å². The lowest BCUT2D eigenvalue weighted by Crippen LogP contribution is -2.27. The topological polar surface area (TPSA) is 75.0 Å². The summed E-state index contributed by atoms with van der Waals surface area (Å²) in [6.45, 7) is 5.78. The van der Waals surface area contributed by atoms with Gasteiger partial charge in [0.2, 0.25) is 5.95 Å². The molecular formula is C11H18N4O. The van der Waals surface area contributed by atoms with E-state index in [0.717, 1.165) is 25.9 Å². The van der Waals surface area contributed by atoms with E-state index >= 15 is 0 Å². The fourth-order valence-corrected chi connectivity index (χ4v) is 2.12. The Bertz CT molecular complexity index is 432. The highest BCUT2D eigenvalue weighted by atomic mass is 16.1. The molecule has 2 rings (SSSR count). The molecule has 1 aliphatic heterocycles. The highest BCUT2D eigenvalue weighted by molar-refractivity contribution is 5.46. The van der Waals surface area contributed by atoms with Gasteiger partial charge in [-0.3, -0.25) is 9.78 Å². The summed E-state index contributed by atoms with van der Waals surface area (Å²) in [5.74, 6) is 1.08. The molecule has 1 fully saturated rings. The molecule has 0 unspecified atom stereocenters. The van der Waals surface area contributed by atoms with Crippen LogP contribution in [0.5, 0.6) is 0 Å². The molecule has 1 aliphatic rings. The van der Waals surface area contributed by atoms with E-state index in [1.807, 2.05) is 13.8 Å². The molecule has 5 nitrogen and oxygen atoms in total. The first kappa shape index (κ1) is 11.0. The number of hydrogen-bond acceptors (Lipinski definition) is 4. The number of aromatic nitrogens is 2. The normalized spacial score (nSPS) is 16.1. The van der Waals surface area contributed by atoms with Crippen molar-refractivity contribution < 1.29 is 0 Å². The van der Waals surface area contributed by atoms with Gasteiger partial charge in [0.15, 0.2) is 0 Å². The average Bonchev–Trinajstić information content (AvgIpc) is 2.67. The summed E-state index contributed by atoms with van der Waals surface area (Å²) in [7, 11) is 0. The molecule has 1 aromatic rings. The van der Waals surface area contributed by atoms with Gasteiger partial charge >= 0.3 is 0 Å². The van der Waals surface area contributed by atoms with Crippen LogP contribution in [0.4, 0.5) is 11.8 Å². The lowest BCUT2D eigenvalue weighted by molar-refractivity contribution is 0.818. The monoisotopic (exact) mass is 222 g/mol. The number of anilines is 2. The third-order valence-corrected chi connectivity index (χ3v) is 2.96. The number of nitrogens with zero attached hydrogens (tertiary/aromatic N) is 2. The molecule has 0 aliphatic carbocycles. The molecule has 3 N–H and O–H groups in total.